The predicted molar refractivity (Wildman–Crippen MR) is 72.9 cm³/mol. The Morgan fingerprint density at radius 3 is 2.94 bits per heavy atom. The minimum atomic E-state index is 0.849. The summed E-state index contributed by atoms with van der Waals surface area (Å²) in [5.41, 5.74) is 0. The summed E-state index contributed by atoms with van der Waals surface area (Å²) in [6.07, 6.45) is 8.68. The highest BCUT2D eigenvalue weighted by Crippen LogP contribution is 2.22. The van der Waals surface area contributed by atoms with Crippen molar-refractivity contribution >= 4 is 22.3 Å². The molecular formula is C13H17N3S. The molecule has 0 aliphatic carbocycles. The minimum Gasteiger partial charge on any atom is -0.316 e. The Labute approximate surface area is 106 Å². The van der Waals surface area contributed by atoms with Gasteiger partial charge in [0.05, 0.1) is 0 Å². The van der Waals surface area contributed by atoms with Gasteiger partial charge in [-0.05, 0) is 25.0 Å². The molecule has 0 amide bonds. The Bertz CT molecular complexity index is 439. The van der Waals surface area contributed by atoms with E-state index in [1.165, 1.54) is 24.1 Å². The van der Waals surface area contributed by atoms with Crippen molar-refractivity contribution in [2.45, 2.75) is 32.6 Å². The van der Waals surface area contributed by atoms with Crippen molar-refractivity contribution in [2.75, 3.05) is 5.32 Å². The van der Waals surface area contributed by atoms with Crippen LogP contribution in [0.4, 0.5) is 10.9 Å². The summed E-state index contributed by atoms with van der Waals surface area (Å²) in [4.78, 5) is 9.92. The highest BCUT2D eigenvalue weighted by molar-refractivity contribution is 7.15. The van der Waals surface area contributed by atoms with Gasteiger partial charge in [-0.2, -0.15) is 0 Å². The summed E-state index contributed by atoms with van der Waals surface area (Å²) in [5, 5.41) is 4.14. The average molecular weight is 247 g/mol. The molecule has 0 saturated heterocycles. The lowest BCUT2D eigenvalue weighted by Crippen LogP contribution is -1.90. The molecule has 0 atom stereocenters. The molecule has 0 fully saturated rings. The van der Waals surface area contributed by atoms with Gasteiger partial charge < -0.3 is 5.32 Å². The highest BCUT2D eigenvalue weighted by Gasteiger charge is 2.02. The molecule has 0 aliphatic rings. The molecule has 2 aromatic rings. The van der Waals surface area contributed by atoms with Crippen LogP contribution in [0.25, 0.3) is 0 Å². The zero-order chi connectivity index (χ0) is 11.9. The van der Waals surface area contributed by atoms with E-state index in [1.54, 1.807) is 17.5 Å². The van der Waals surface area contributed by atoms with Crippen molar-refractivity contribution < 1.29 is 0 Å². The minimum absolute atomic E-state index is 0.849. The molecule has 0 radical (unpaired) electrons. The first-order chi connectivity index (χ1) is 8.38. The van der Waals surface area contributed by atoms with Gasteiger partial charge >= 0.3 is 0 Å². The lowest BCUT2D eigenvalue weighted by atomic mass is 10.2. The summed E-state index contributed by atoms with van der Waals surface area (Å²) in [5.74, 6) is 0.849. The summed E-state index contributed by atoms with van der Waals surface area (Å²) < 4.78 is 0. The van der Waals surface area contributed by atoms with Gasteiger partial charge in [0.25, 0.3) is 0 Å². The third kappa shape index (κ3) is 3.82. The van der Waals surface area contributed by atoms with Gasteiger partial charge in [-0.25, -0.2) is 9.97 Å². The molecule has 0 saturated carbocycles. The van der Waals surface area contributed by atoms with Crippen LogP contribution >= 0.6 is 11.3 Å². The third-order valence-corrected chi connectivity index (χ3v) is 3.45. The molecule has 2 heterocycles. The number of rotatable bonds is 6. The average Bonchev–Trinajstić information content (AvgIpc) is 2.79. The van der Waals surface area contributed by atoms with E-state index in [4.69, 9.17) is 0 Å². The van der Waals surface area contributed by atoms with E-state index >= 15 is 0 Å². The van der Waals surface area contributed by atoms with Crippen LogP contribution in [-0.2, 0) is 6.42 Å². The van der Waals surface area contributed by atoms with Crippen LogP contribution in [0.15, 0.2) is 30.6 Å². The molecule has 2 rings (SSSR count). The number of thiazole rings is 1. The third-order valence-electron chi connectivity index (χ3n) is 2.48. The quantitative estimate of drug-likeness (QED) is 0.784. The van der Waals surface area contributed by atoms with Crippen LogP contribution < -0.4 is 5.32 Å². The first kappa shape index (κ1) is 12.0. The van der Waals surface area contributed by atoms with Crippen molar-refractivity contribution in [3.63, 3.8) is 0 Å². The normalized spacial score (nSPS) is 10.4. The number of anilines is 2. The van der Waals surface area contributed by atoms with Gasteiger partial charge in [0, 0.05) is 17.3 Å². The Morgan fingerprint density at radius 1 is 1.24 bits per heavy atom. The summed E-state index contributed by atoms with van der Waals surface area (Å²) in [7, 11) is 0. The van der Waals surface area contributed by atoms with Crippen molar-refractivity contribution in [2.24, 2.45) is 0 Å². The van der Waals surface area contributed by atoms with E-state index in [-0.39, 0.29) is 0 Å². The van der Waals surface area contributed by atoms with Gasteiger partial charge in [-0.15, -0.1) is 11.3 Å². The molecule has 17 heavy (non-hydrogen) atoms. The van der Waals surface area contributed by atoms with E-state index in [2.05, 4.69) is 22.2 Å². The van der Waals surface area contributed by atoms with Crippen molar-refractivity contribution in [3.8, 4) is 0 Å². The molecular weight excluding hydrogens is 230 g/mol. The van der Waals surface area contributed by atoms with E-state index in [0.29, 0.717) is 0 Å². The van der Waals surface area contributed by atoms with Crippen LogP contribution in [0.5, 0.6) is 0 Å². The number of aromatic nitrogens is 2. The second-order valence-corrected chi connectivity index (χ2v) is 5.04. The first-order valence-corrected chi connectivity index (χ1v) is 6.83. The second kappa shape index (κ2) is 6.35. The fraction of sp³-hybridized carbons (Fsp3) is 0.385. The monoisotopic (exact) mass is 247 g/mol. The number of hydrogen-bond donors (Lipinski definition) is 1. The molecule has 3 nitrogen and oxygen atoms in total. The summed E-state index contributed by atoms with van der Waals surface area (Å²) >= 11 is 1.72. The van der Waals surface area contributed by atoms with Crippen LogP contribution in [-0.4, -0.2) is 9.97 Å². The van der Waals surface area contributed by atoms with Gasteiger partial charge in [-0.1, -0.05) is 25.8 Å². The lowest BCUT2D eigenvalue weighted by Gasteiger charge is -1.99. The van der Waals surface area contributed by atoms with Crippen LogP contribution in [0.1, 0.15) is 31.1 Å². The standard InChI is InChI=1S/C13H17N3S/c1-2-3-4-7-11-10-15-13(17-11)16-12-8-5-6-9-14-12/h5-6,8-10H,2-4,7H2,1H3,(H,14,15,16). The number of pyridine rings is 1. The fourth-order valence-electron chi connectivity index (χ4n) is 1.58. The molecule has 2 aromatic heterocycles. The number of nitrogens with zero attached hydrogens (tertiary/aromatic N) is 2. The van der Waals surface area contributed by atoms with Crippen molar-refractivity contribution in [1.29, 1.82) is 0 Å². The summed E-state index contributed by atoms with van der Waals surface area (Å²) in [6, 6.07) is 5.81. The highest BCUT2D eigenvalue weighted by atomic mass is 32.1. The molecule has 0 bridgehead atoms. The maximum atomic E-state index is 4.36. The Morgan fingerprint density at radius 2 is 2.18 bits per heavy atom. The summed E-state index contributed by atoms with van der Waals surface area (Å²) in [6.45, 7) is 2.22. The van der Waals surface area contributed by atoms with Crippen molar-refractivity contribution in [3.05, 3.63) is 35.5 Å². The van der Waals surface area contributed by atoms with E-state index in [0.717, 1.165) is 17.4 Å². The van der Waals surface area contributed by atoms with Crippen molar-refractivity contribution in [1.82, 2.24) is 9.97 Å². The second-order valence-electron chi connectivity index (χ2n) is 3.93. The molecule has 0 aromatic carbocycles. The maximum absolute atomic E-state index is 4.36. The number of nitrogens with one attached hydrogen (secondary N) is 1. The largest absolute Gasteiger partial charge is 0.316 e. The molecule has 1 N–H and O–H groups in total. The van der Waals surface area contributed by atoms with E-state index in [9.17, 15) is 0 Å². The van der Waals surface area contributed by atoms with Gasteiger partial charge in [-0.3, -0.25) is 0 Å². The Hall–Kier alpha value is -1.42. The maximum Gasteiger partial charge on any atom is 0.188 e. The number of hydrogen-bond acceptors (Lipinski definition) is 4. The molecule has 0 aliphatic heterocycles. The molecule has 0 spiro atoms. The predicted octanol–water partition coefficient (Wildman–Crippen LogP) is 4.01. The zero-order valence-electron chi connectivity index (χ0n) is 10.0. The zero-order valence-corrected chi connectivity index (χ0v) is 10.8. The van der Waals surface area contributed by atoms with Gasteiger partial charge in [0.1, 0.15) is 5.82 Å². The van der Waals surface area contributed by atoms with Gasteiger partial charge in [0.2, 0.25) is 0 Å². The first-order valence-electron chi connectivity index (χ1n) is 6.01. The molecule has 90 valence electrons. The van der Waals surface area contributed by atoms with Crippen LogP contribution in [0.3, 0.4) is 0 Å². The SMILES string of the molecule is CCCCCc1cnc(Nc2ccccn2)s1. The van der Waals surface area contributed by atoms with Crippen LogP contribution in [0, 0.1) is 0 Å². The Kier molecular flexibility index (Phi) is 4.50. The smallest absolute Gasteiger partial charge is 0.188 e. The Balaban J connectivity index is 1.90. The molecule has 0 unspecified atom stereocenters. The fourth-order valence-corrected chi connectivity index (χ4v) is 2.44. The van der Waals surface area contributed by atoms with Gasteiger partial charge in [0.15, 0.2) is 5.13 Å². The lowest BCUT2D eigenvalue weighted by molar-refractivity contribution is 0.722. The van der Waals surface area contributed by atoms with E-state index < -0.39 is 0 Å². The number of aryl methyl sites for hydroxylation is 1. The van der Waals surface area contributed by atoms with E-state index in [1.807, 2.05) is 24.4 Å². The van der Waals surface area contributed by atoms with Crippen LogP contribution in [0.2, 0.25) is 0 Å². The topological polar surface area (TPSA) is 37.8 Å². The molecule has 4 heteroatoms. The number of unbranched alkanes of at least 4 members (excludes halogenated alkanes) is 2.